The van der Waals surface area contributed by atoms with Crippen molar-refractivity contribution < 1.29 is 27.2 Å². The summed E-state index contributed by atoms with van der Waals surface area (Å²) in [6.07, 6.45) is 20.9. The smallest absolute Gasteiger partial charge is 0.305 e. The minimum absolute atomic E-state index is 0.130. The van der Waals surface area contributed by atoms with E-state index in [1.165, 1.54) is 25.7 Å². The van der Waals surface area contributed by atoms with Crippen molar-refractivity contribution in [1.82, 2.24) is 0 Å². The van der Waals surface area contributed by atoms with Crippen molar-refractivity contribution in [2.75, 3.05) is 26.4 Å². The highest BCUT2D eigenvalue weighted by Crippen LogP contribution is 2.73. The van der Waals surface area contributed by atoms with E-state index in [4.69, 9.17) is 18.1 Å². The molecule has 0 N–H and O–H groups in total. The molecule has 0 saturated carbocycles. The Morgan fingerprint density at radius 1 is 0.421 bits per heavy atom. The Labute approximate surface area is 236 Å². The highest BCUT2D eigenvalue weighted by Gasteiger charge is 2.44. The molecule has 6 nitrogen and oxygen atoms in total. The lowest BCUT2D eigenvalue weighted by molar-refractivity contribution is 0.192. The molecule has 0 fully saturated rings. The Morgan fingerprint density at radius 3 is 0.842 bits per heavy atom. The Hall–Kier alpha value is 0.0400. The molecule has 0 spiro atoms. The first-order chi connectivity index (χ1) is 18.4. The van der Waals surface area contributed by atoms with Gasteiger partial charge < -0.3 is 18.1 Å². The predicted octanol–water partition coefficient (Wildman–Crippen LogP) is 11.8. The Bertz CT molecular complexity index is 548. The molecule has 0 aliphatic heterocycles. The highest BCUT2D eigenvalue weighted by molar-refractivity contribution is 7.78. The fourth-order valence-corrected chi connectivity index (χ4v) is 8.20. The van der Waals surface area contributed by atoms with Gasteiger partial charge >= 0.3 is 15.2 Å². The number of rotatable bonds is 30. The average molecular weight is 581 g/mol. The van der Waals surface area contributed by atoms with Crippen molar-refractivity contribution >= 4 is 15.2 Å². The lowest BCUT2D eigenvalue weighted by Gasteiger charge is -2.26. The molecule has 0 aliphatic carbocycles. The third kappa shape index (κ3) is 19.2. The van der Waals surface area contributed by atoms with E-state index in [0.717, 1.165) is 103 Å². The van der Waals surface area contributed by atoms with E-state index in [2.05, 4.69) is 34.3 Å². The van der Waals surface area contributed by atoms with E-state index in [1.807, 2.05) is 0 Å². The van der Waals surface area contributed by atoms with Gasteiger partial charge in [0.05, 0.1) is 26.4 Å². The third-order valence-electron chi connectivity index (χ3n) is 6.67. The highest BCUT2D eigenvalue weighted by atomic mass is 31.2. The SMILES string of the molecule is C=C(P(=O)(OCCCCCCC)OCCCCCCC)P(=O)(OCCCCCCC)OCCCCCCC. The second-order valence-corrected chi connectivity index (χ2v) is 14.9. The first-order valence-electron chi connectivity index (χ1n) is 15.9. The second-order valence-electron chi connectivity index (χ2n) is 10.4. The van der Waals surface area contributed by atoms with Crippen LogP contribution in [-0.2, 0) is 27.2 Å². The fraction of sp³-hybridized carbons (Fsp3) is 0.933. The standard InChI is InChI=1S/C30H62O6P2/c1-6-10-14-18-22-26-33-37(31,34-27-23-19-15-11-7-2)30(5)38(32,35-28-24-20-16-12-8-3)36-29-25-21-17-13-9-4/h5-29H2,1-4H3. The lowest BCUT2D eigenvalue weighted by atomic mass is 10.2. The molecule has 0 atom stereocenters. The van der Waals surface area contributed by atoms with Crippen LogP contribution in [-0.4, -0.2) is 26.4 Å². The molecule has 0 amide bonds. The van der Waals surface area contributed by atoms with Crippen LogP contribution in [0.4, 0.5) is 0 Å². The van der Waals surface area contributed by atoms with Gasteiger partial charge in [-0.25, -0.2) is 0 Å². The normalized spacial score (nSPS) is 12.3. The molecule has 0 rings (SSSR count). The molecular formula is C30H62O6P2. The number of hydrogen-bond donors (Lipinski definition) is 0. The van der Waals surface area contributed by atoms with Gasteiger partial charge in [-0.1, -0.05) is 137 Å². The van der Waals surface area contributed by atoms with Crippen LogP contribution in [0.3, 0.4) is 0 Å². The Balaban J connectivity index is 5.32. The van der Waals surface area contributed by atoms with Gasteiger partial charge in [-0.3, -0.25) is 9.13 Å². The Morgan fingerprint density at radius 2 is 0.632 bits per heavy atom. The Kier molecular flexibility index (Phi) is 26.0. The van der Waals surface area contributed by atoms with Gasteiger partial charge in [0.1, 0.15) is 5.06 Å². The van der Waals surface area contributed by atoms with E-state index in [1.54, 1.807) is 0 Å². The number of hydrogen-bond acceptors (Lipinski definition) is 6. The summed E-state index contributed by atoms with van der Waals surface area (Å²) in [6, 6.07) is 0. The molecule has 38 heavy (non-hydrogen) atoms. The quantitative estimate of drug-likeness (QED) is 0.0621. The third-order valence-corrected chi connectivity index (χ3v) is 11.5. The molecule has 0 aromatic rings. The first-order valence-corrected chi connectivity index (χ1v) is 19.0. The van der Waals surface area contributed by atoms with Crippen LogP contribution in [0.1, 0.15) is 156 Å². The summed E-state index contributed by atoms with van der Waals surface area (Å²) in [5, 5.41) is -0.130. The van der Waals surface area contributed by atoms with Crippen LogP contribution in [0.15, 0.2) is 11.6 Å². The molecule has 0 unspecified atom stereocenters. The summed E-state index contributed by atoms with van der Waals surface area (Å²) in [4.78, 5) is 0. The van der Waals surface area contributed by atoms with E-state index in [0.29, 0.717) is 0 Å². The van der Waals surface area contributed by atoms with Gasteiger partial charge in [-0.05, 0) is 25.7 Å². The van der Waals surface area contributed by atoms with Crippen molar-refractivity contribution in [1.29, 1.82) is 0 Å². The largest absolute Gasteiger partial charge is 0.368 e. The van der Waals surface area contributed by atoms with E-state index in [9.17, 15) is 9.13 Å². The summed E-state index contributed by atoms with van der Waals surface area (Å²) in [5.74, 6) is 0. The van der Waals surface area contributed by atoms with Gasteiger partial charge in [-0.15, -0.1) is 0 Å². The molecule has 0 heterocycles. The van der Waals surface area contributed by atoms with Crippen molar-refractivity contribution in [3.05, 3.63) is 11.6 Å². The van der Waals surface area contributed by atoms with E-state index in [-0.39, 0.29) is 31.5 Å². The molecule has 0 aromatic carbocycles. The van der Waals surface area contributed by atoms with Gasteiger partial charge in [-0.2, -0.15) is 0 Å². The summed E-state index contributed by atoms with van der Waals surface area (Å²) in [7, 11) is -7.77. The van der Waals surface area contributed by atoms with Crippen LogP contribution in [0.2, 0.25) is 0 Å². The second kappa shape index (κ2) is 26.0. The maximum atomic E-state index is 14.0. The fourth-order valence-electron chi connectivity index (χ4n) is 4.08. The lowest BCUT2D eigenvalue weighted by Crippen LogP contribution is -2.07. The molecule has 0 aliphatic rings. The van der Waals surface area contributed by atoms with Crippen LogP contribution < -0.4 is 0 Å². The zero-order valence-electron chi connectivity index (χ0n) is 25.5. The topological polar surface area (TPSA) is 71.1 Å². The van der Waals surface area contributed by atoms with Crippen LogP contribution in [0.5, 0.6) is 0 Å². The van der Waals surface area contributed by atoms with Crippen molar-refractivity contribution in [2.45, 2.75) is 156 Å². The van der Waals surface area contributed by atoms with Gasteiger partial charge in [0.15, 0.2) is 0 Å². The van der Waals surface area contributed by atoms with E-state index >= 15 is 0 Å². The first kappa shape index (κ1) is 38.0. The minimum atomic E-state index is -3.88. The van der Waals surface area contributed by atoms with E-state index < -0.39 is 15.2 Å². The van der Waals surface area contributed by atoms with Gasteiger partial charge in [0.2, 0.25) is 0 Å². The molecular weight excluding hydrogens is 518 g/mol. The summed E-state index contributed by atoms with van der Waals surface area (Å²) >= 11 is 0. The van der Waals surface area contributed by atoms with Crippen molar-refractivity contribution in [3.8, 4) is 0 Å². The summed E-state index contributed by atoms with van der Waals surface area (Å²) in [6.45, 7) is 13.8. The van der Waals surface area contributed by atoms with Crippen LogP contribution in [0.25, 0.3) is 0 Å². The van der Waals surface area contributed by atoms with Gasteiger partial charge in [0.25, 0.3) is 0 Å². The molecule has 0 radical (unpaired) electrons. The number of unbranched alkanes of at least 4 members (excludes halogenated alkanes) is 16. The summed E-state index contributed by atoms with van der Waals surface area (Å²) < 4.78 is 51.5. The predicted molar refractivity (Wildman–Crippen MR) is 163 cm³/mol. The van der Waals surface area contributed by atoms with Crippen molar-refractivity contribution in [3.63, 3.8) is 0 Å². The molecule has 8 heteroatoms. The maximum Gasteiger partial charge on any atom is 0.368 e. The maximum absolute atomic E-state index is 14.0. The van der Waals surface area contributed by atoms with Crippen LogP contribution in [0, 0.1) is 0 Å². The molecule has 0 saturated heterocycles. The minimum Gasteiger partial charge on any atom is -0.305 e. The molecule has 0 aromatic heterocycles. The van der Waals surface area contributed by atoms with Crippen LogP contribution >= 0.6 is 15.2 Å². The zero-order chi connectivity index (χ0) is 28.4. The molecule has 0 bridgehead atoms. The molecule has 228 valence electrons. The van der Waals surface area contributed by atoms with Crippen molar-refractivity contribution in [2.24, 2.45) is 0 Å². The van der Waals surface area contributed by atoms with Gasteiger partial charge in [0, 0.05) is 0 Å². The zero-order valence-corrected chi connectivity index (χ0v) is 27.3. The summed E-state index contributed by atoms with van der Waals surface area (Å²) in [5.41, 5.74) is 0. The monoisotopic (exact) mass is 580 g/mol. The average Bonchev–Trinajstić information content (AvgIpc) is 2.91.